The zero-order valence-corrected chi connectivity index (χ0v) is 22.3. The number of hydrogen-bond acceptors (Lipinski definition) is 8. The topological polar surface area (TPSA) is 144 Å². The molecule has 9 nitrogen and oxygen atoms in total. The standard InChI is InChI=1S/C28H36N4O5S/c33-24(34)19-12-20-28(29-31-32-30-28)38-26(25(35)27(36)37)23-18-11-10-17-22(23)16-9-4-2-1-3-6-13-21-14-7-5-8-15-21/h5,7-8,10-11,14-15,17-18,25-26,35H,1-4,6,9,12-13,16,19-20H2,(H,33,34)(H,36,37). The summed E-state index contributed by atoms with van der Waals surface area (Å²) >= 11 is 1.06. The van der Waals surface area contributed by atoms with E-state index in [9.17, 15) is 19.8 Å². The van der Waals surface area contributed by atoms with Crippen molar-refractivity contribution in [3.05, 3.63) is 71.3 Å². The van der Waals surface area contributed by atoms with Crippen LogP contribution >= 0.6 is 11.8 Å². The molecule has 3 rings (SSSR count). The second kappa shape index (κ2) is 15.3. The molecule has 1 aliphatic heterocycles. The van der Waals surface area contributed by atoms with Gasteiger partial charge in [0, 0.05) is 12.8 Å². The van der Waals surface area contributed by atoms with E-state index in [4.69, 9.17) is 5.11 Å². The highest BCUT2D eigenvalue weighted by atomic mass is 32.2. The summed E-state index contributed by atoms with van der Waals surface area (Å²) in [6.07, 6.45) is 7.30. The number of aryl methyl sites for hydroxylation is 2. The molecule has 0 fully saturated rings. The van der Waals surface area contributed by atoms with Crippen molar-refractivity contribution in [2.75, 3.05) is 0 Å². The molecule has 38 heavy (non-hydrogen) atoms. The van der Waals surface area contributed by atoms with Gasteiger partial charge in [-0.3, -0.25) is 4.79 Å². The summed E-state index contributed by atoms with van der Waals surface area (Å²) in [5.74, 6) is -2.29. The van der Waals surface area contributed by atoms with Gasteiger partial charge in [-0.15, -0.1) is 10.2 Å². The number of carboxylic acid groups (broad SMARTS) is 2. The Morgan fingerprint density at radius 3 is 2.05 bits per heavy atom. The Bertz CT molecular complexity index is 1080. The first-order valence-corrected chi connectivity index (χ1v) is 14.0. The SMILES string of the molecule is O=C(O)CCCC1(SC(c2ccccc2CCCCCCCCc2ccccc2)C(O)C(=O)O)N=NN=N1. The third-order valence-corrected chi connectivity index (χ3v) is 8.07. The smallest absolute Gasteiger partial charge is 0.334 e. The number of benzene rings is 2. The predicted molar refractivity (Wildman–Crippen MR) is 146 cm³/mol. The zero-order valence-electron chi connectivity index (χ0n) is 21.5. The van der Waals surface area contributed by atoms with Crippen LogP contribution in [0.25, 0.3) is 0 Å². The van der Waals surface area contributed by atoms with Crippen molar-refractivity contribution >= 4 is 23.7 Å². The van der Waals surface area contributed by atoms with Gasteiger partial charge >= 0.3 is 11.9 Å². The number of carbonyl (C=O) groups is 2. The summed E-state index contributed by atoms with van der Waals surface area (Å²) in [5, 5.41) is 43.8. The molecule has 0 saturated heterocycles. The molecule has 2 unspecified atom stereocenters. The second-order valence-electron chi connectivity index (χ2n) is 9.50. The highest BCUT2D eigenvalue weighted by Crippen LogP contribution is 2.48. The van der Waals surface area contributed by atoms with Crippen LogP contribution < -0.4 is 0 Å². The molecule has 0 saturated carbocycles. The van der Waals surface area contributed by atoms with E-state index < -0.39 is 28.3 Å². The number of carboxylic acids is 2. The molecule has 2 aromatic rings. The van der Waals surface area contributed by atoms with Crippen molar-refractivity contribution in [1.29, 1.82) is 0 Å². The van der Waals surface area contributed by atoms with Gasteiger partial charge in [0.05, 0.1) is 5.25 Å². The lowest BCUT2D eigenvalue weighted by atomic mass is 9.96. The molecule has 0 bridgehead atoms. The predicted octanol–water partition coefficient (Wildman–Crippen LogP) is 6.77. The van der Waals surface area contributed by atoms with Gasteiger partial charge in [-0.25, -0.2) is 4.79 Å². The number of rotatable bonds is 18. The minimum Gasteiger partial charge on any atom is -0.481 e. The second-order valence-corrected chi connectivity index (χ2v) is 10.9. The van der Waals surface area contributed by atoms with Gasteiger partial charge < -0.3 is 15.3 Å². The number of aliphatic carboxylic acids is 2. The monoisotopic (exact) mass is 540 g/mol. The first-order chi connectivity index (χ1) is 18.4. The molecule has 2 aromatic carbocycles. The molecule has 204 valence electrons. The number of nitrogens with zero attached hydrogens (tertiary/aromatic N) is 4. The van der Waals surface area contributed by atoms with E-state index in [1.807, 2.05) is 30.3 Å². The molecular formula is C28H36N4O5S. The maximum Gasteiger partial charge on any atom is 0.334 e. The third-order valence-electron chi connectivity index (χ3n) is 6.56. The van der Waals surface area contributed by atoms with Crippen molar-refractivity contribution in [2.24, 2.45) is 20.7 Å². The normalized spacial score (nSPS) is 15.4. The van der Waals surface area contributed by atoms with Gasteiger partial charge in [-0.05, 0) is 59.2 Å². The molecule has 0 radical (unpaired) electrons. The van der Waals surface area contributed by atoms with Crippen LogP contribution in [0.2, 0.25) is 0 Å². The van der Waals surface area contributed by atoms with Gasteiger partial charge in [-0.2, -0.15) is 0 Å². The van der Waals surface area contributed by atoms with E-state index in [2.05, 4.69) is 44.9 Å². The average molecular weight is 541 g/mol. The minimum absolute atomic E-state index is 0.0810. The summed E-state index contributed by atoms with van der Waals surface area (Å²) in [6.45, 7) is 0. The largest absolute Gasteiger partial charge is 0.481 e. The van der Waals surface area contributed by atoms with E-state index in [0.29, 0.717) is 5.56 Å². The Hall–Kier alpha value is -3.11. The van der Waals surface area contributed by atoms with E-state index in [1.54, 1.807) is 0 Å². The Morgan fingerprint density at radius 2 is 1.39 bits per heavy atom. The van der Waals surface area contributed by atoms with Gasteiger partial charge in [0.15, 0.2) is 6.10 Å². The minimum atomic E-state index is -1.70. The van der Waals surface area contributed by atoms with Gasteiger partial charge in [0.1, 0.15) is 0 Å². The van der Waals surface area contributed by atoms with Gasteiger partial charge in [-0.1, -0.05) is 92.0 Å². The molecule has 2 atom stereocenters. The van der Waals surface area contributed by atoms with Gasteiger partial charge in [0.2, 0.25) is 4.99 Å². The molecule has 1 aliphatic rings. The summed E-state index contributed by atoms with van der Waals surface area (Å²) in [4.78, 5) is 21.6. The molecule has 0 spiro atoms. The van der Waals surface area contributed by atoms with E-state index in [0.717, 1.165) is 49.4 Å². The van der Waals surface area contributed by atoms with Crippen molar-refractivity contribution in [3.63, 3.8) is 0 Å². The number of aliphatic hydroxyl groups is 1. The van der Waals surface area contributed by atoms with Crippen LogP contribution in [0.4, 0.5) is 0 Å². The van der Waals surface area contributed by atoms with E-state index in [-0.39, 0.29) is 19.3 Å². The van der Waals surface area contributed by atoms with Crippen LogP contribution in [0.3, 0.4) is 0 Å². The lowest BCUT2D eigenvalue weighted by Crippen LogP contribution is -2.30. The molecule has 3 N–H and O–H groups in total. The van der Waals surface area contributed by atoms with Crippen LogP contribution in [0.1, 0.15) is 79.7 Å². The summed E-state index contributed by atoms with van der Waals surface area (Å²) < 4.78 is 0. The average Bonchev–Trinajstić information content (AvgIpc) is 3.37. The van der Waals surface area contributed by atoms with Crippen molar-refractivity contribution < 1.29 is 24.9 Å². The fourth-order valence-electron chi connectivity index (χ4n) is 4.54. The Labute approximate surface area is 227 Å². The zero-order chi connectivity index (χ0) is 27.2. The first-order valence-electron chi connectivity index (χ1n) is 13.2. The van der Waals surface area contributed by atoms with Crippen LogP contribution in [0.15, 0.2) is 75.3 Å². The number of hydrogen-bond donors (Lipinski definition) is 3. The van der Waals surface area contributed by atoms with Crippen LogP contribution in [-0.2, 0) is 22.4 Å². The lowest BCUT2D eigenvalue weighted by molar-refractivity contribution is -0.146. The highest BCUT2D eigenvalue weighted by Gasteiger charge is 2.42. The van der Waals surface area contributed by atoms with Crippen molar-refractivity contribution in [2.45, 2.75) is 87.0 Å². The highest BCUT2D eigenvalue weighted by molar-refractivity contribution is 8.00. The van der Waals surface area contributed by atoms with Crippen LogP contribution in [-0.4, -0.2) is 38.4 Å². The van der Waals surface area contributed by atoms with Gasteiger partial charge in [0.25, 0.3) is 0 Å². The van der Waals surface area contributed by atoms with E-state index in [1.165, 1.54) is 24.8 Å². The van der Waals surface area contributed by atoms with Crippen LogP contribution in [0.5, 0.6) is 0 Å². The summed E-state index contributed by atoms with van der Waals surface area (Å²) in [5.41, 5.74) is 3.07. The number of aliphatic hydroxyl groups excluding tert-OH is 1. The lowest BCUT2D eigenvalue weighted by Gasteiger charge is -2.28. The molecular weight excluding hydrogens is 504 g/mol. The van der Waals surface area contributed by atoms with Crippen molar-refractivity contribution in [1.82, 2.24) is 0 Å². The molecule has 0 aliphatic carbocycles. The number of unbranched alkanes of at least 4 members (excludes halogenated alkanes) is 5. The quantitative estimate of drug-likeness (QED) is 0.178. The number of thioether (sulfide) groups is 1. The maximum absolute atomic E-state index is 11.8. The molecule has 1 heterocycles. The maximum atomic E-state index is 11.8. The van der Waals surface area contributed by atoms with E-state index >= 15 is 0 Å². The van der Waals surface area contributed by atoms with Crippen LogP contribution in [0, 0.1) is 0 Å². The molecule has 10 heteroatoms. The fourth-order valence-corrected chi connectivity index (χ4v) is 5.98. The third kappa shape index (κ3) is 9.33. The molecule has 0 aromatic heterocycles. The fraction of sp³-hybridized carbons (Fsp3) is 0.500. The Kier molecular flexibility index (Phi) is 11.9. The first kappa shape index (κ1) is 29.4. The summed E-state index contributed by atoms with van der Waals surface area (Å²) in [6, 6.07) is 18.1. The molecule has 0 amide bonds. The summed E-state index contributed by atoms with van der Waals surface area (Å²) in [7, 11) is 0. The Morgan fingerprint density at radius 1 is 0.789 bits per heavy atom. The Balaban J connectivity index is 1.57. The van der Waals surface area contributed by atoms with Crippen molar-refractivity contribution in [3.8, 4) is 0 Å².